The van der Waals surface area contributed by atoms with E-state index in [-0.39, 0.29) is 50.2 Å². The normalized spacial score (nSPS) is 18.5. The molecular weight excluding hydrogens is 1900 g/mol. The van der Waals surface area contributed by atoms with Crippen molar-refractivity contribution in [3.63, 3.8) is 0 Å². The van der Waals surface area contributed by atoms with Crippen LogP contribution in [0.25, 0.3) is 0 Å². The number of rotatable bonds is 24. The lowest BCUT2D eigenvalue weighted by atomic mass is 9.95. The highest BCUT2D eigenvalue weighted by atomic mass is 19.4. The SMILES string of the molecule is CC(C)(C)OC(=O)N[C@@H](CO)C(=O)OCc1ccccc1.COC(=O)C1CCCC(C(=O)OC[C@H](NC(=O)OC(C)(C)C)C(=O)O)N1.COC(=O)[C@@H]1CCC[C@@H]2C(=O)OCC(NC(=O)C(F)(F)F)C(=O)N21.COC(=O)[C@@H]1CCC[C@@H]2C(=O)OC[C@H](NC(=O)OC(C)(C)C)C(=O)N21.COC(=O)c1cccc(C(=O)OC[C@H](NC(=O)OC(C)(C)C)C(=O)OCc2ccccc2)n1.COC(=O)c1ccccn1.O=C=O. The average molecular weight is 2020 g/mol. The number of aromatic nitrogens is 2. The summed E-state index contributed by atoms with van der Waals surface area (Å²) in [7, 11) is 6.09. The van der Waals surface area contributed by atoms with Gasteiger partial charge in [0.25, 0.3) is 0 Å². The number of alkyl carbamates (subject to hydrolysis) is 4. The van der Waals surface area contributed by atoms with Crippen LogP contribution in [0.4, 0.5) is 32.3 Å². The molecule has 2 aromatic heterocycles. The van der Waals surface area contributed by atoms with Crippen molar-refractivity contribution in [2.45, 2.75) is 249 Å². The van der Waals surface area contributed by atoms with Crippen LogP contribution in [0.5, 0.6) is 0 Å². The van der Waals surface area contributed by atoms with Crippen LogP contribution >= 0.6 is 0 Å². The number of fused-ring (bicyclic) bond motifs is 2. The minimum Gasteiger partial charge on any atom is -0.480 e. The molecule has 782 valence electrons. The zero-order chi connectivity index (χ0) is 107. The van der Waals surface area contributed by atoms with Gasteiger partial charge in [-0.15, -0.1) is 0 Å². The van der Waals surface area contributed by atoms with Crippen molar-refractivity contribution in [1.82, 2.24) is 51.7 Å². The maximum absolute atomic E-state index is 12.9. The Morgan fingerprint density at radius 1 is 0.451 bits per heavy atom. The third-order valence-electron chi connectivity index (χ3n) is 18.8. The van der Waals surface area contributed by atoms with Gasteiger partial charge in [-0.05, 0) is 176 Å². The second-order valence-electron chi connectivity index (χ2n) is 34.4. The number of carbonyl (C=O) groups is 19. The lowest BCUT2D eigenvalue weighted by Crippen LogP contribution is -2.60. The summed E-state index contributed by atoms with van der Waals surface area (Å²) in [5, 5.41) is 31.8. The van der Waals surface area contributed by atoms with Crippen molar-refractivity contribution in [2.75, 3.05) is 68.6 Å². The summed E-state index contributed by atoms with van der Waals surface area (Å²) >= 11 is 0. The maximum Gasteiger partial charge on any atom is 0.471 e. The highest BCUT2D eigenvalue weighted by Crippen LogP contribution is 2.31. The van der Waals surface area contributed by atoms with E-state index in [9.17, 15) is 104 Å². The van der Waals surface area contributed by atoms with E-state index in [0.717, 1.165) is 23.1 Å². The number of aliphatic hydroxyl groups excluding tert-OH is 1. The Labute approximate surface area is 812 Å². The number of hydrogen-bond donors (Lipinski definition) is 8. The second kappa shape index (κ2) is 58.8. The van der Waals surface area contributed by atoms with E-state index >= 15 is 0 Å². The summed E-state index contributed by atoms with van der Waals surface area (Å²) in [6, 6.07) is 15.2. The number of nitrogens with one attached hydrogen (secondary N) is 6. The van der Waals surface area contributed by atoms with Crippen molar-refractivity contribution in [2.24, 2.45) is 0 Å². The minimum absolute atomic E-state index is 0.0388. The molecule has 0 aliphatic carbocycles. The number of ether oxygens (including phenoxy) is 15. The molecular formula is C91H119F3N10O38. The molecule has 51 heteroatoms. The van der Waals surface area contributed by atoms with Crippen molar-refractivity contribution in [3.05, 3.63) is 131 Å². The lowest BCUT2D eigenvalue weighted by molar-refractivity contribution is -0.192. The topological polar surface area (TPSA) is 642 Å². The smallest absolute Gasteiger partial charge is 0.471 e. The van der Waals surface area contributed by atoms with Gasteiger partial charge in [0.05, 0.1) is 42.2 Å². The number of hydrogen-bond acceptors (Lipinski definition) is 40. The molecule has 2 aromatic carbocycles. The van der Waals surface area contributed by atoms with Gasteiger partial charge in [0, 0.05) is 6.20 Å². The Bertz CT molecular complexity index is 4960. The molecule has 9 rings (SSSR count). The molecule has 5 aliphatic heterocycles. The summed E-state index contributed by atoms with van der Waals surface area (Å²) in [5.74, 6) is -12.8. The maximum atomic E-state index is 12.9. The van der Waals surface area contributed by atoms with E-state index in [1.165, 1.54) is 56.9 Å². The molecule has 142 heavy (non-hydrogen) atoms. The highest BCUT2D eigenvalue weighted by molar-refractivity contribution is 5.98. The molecule has 4 aromatic rings. The Morgan fingerprint density at radius 3 is 1.23 bits per heavy atom. The summed E-state index contributed by atoms with van der Waals surface area (Å²) in [5.41, 5.74) is -1.39. The fourth-order valence-electron chi connectivity index (χ4n) is 12.6. The van der Waals surface area contributed by atoms with Gasteiger partial charge in [0.15, 0.2) is 18.1 Å². The molecule has 48 nitrogen and oxygen atoms in total. The Hall–Kier alpha value is -15.0. The summed E-state index contributed by atoms with van der Waals surface area (Å²) in [6.07, 6.45) is -2.97. The van der Waals surface area contributed by atoms with Crippen LogP contribution in [-0.2, 0) is 151 Å². The van der Waals surface area contributed by atoms with E-state index in [1.54, 1.807) is 132 Å². The number of cyclic esters (lactones) is 2. The Morgan fingerprint density at radius 2 is 0.824 bits per heavy atom. The third-order valence-corrected chi connectivity index (χ3v) is 18.8. The van der Waals surface area contributed by atoms with Gasteiger partial charge < -0.3 is 118 Å². The van der Waals surface area contributed by atoms with Crippen LogP contribution in [0, 0.1) is 0 Å². The second-order valence-corrected chi connectivity index (χ2v) is 34.4. The quantitative estimate of drug-likeness (QED) is 0.0350. The Kier molecular flexibility index (Phi) is 50.1. The number of methoxy groups -OCH3 is 5. The number of aliphatic carboxylic acids is 1. The number of esters is 11. The molecule has 3 unspecified atom stereocenters. The highest BCUT2D eigenvalue weighted by Gasteiger charge is 2.51. The van der Waals surface area contributed by atoms with Crippen LogP contribution in [0.1, 0.15) is 183 Å². The number of aliphatic hydroxyl groups is 1. The summed E-state index contributed by atoms with van der Waals surface area (Å²) < 4.78 is 111. The number of amides is 7. The molecule has 7 heterocycles. The van der Waals surface area contributed by atoms with Crippen molar-refractivity contribution in [1.29, 1.82) is 0 Å². The van der Waals surface area contributed by atoms with Gasteiger partial charge in [-0.3, -0.25) is 29.3 Å². The van der Waals surface area contributed by atoms with Crippen LogP contribution in [-0.4, -0.2) is 313 Å². The zero-order valence-electron chi connectivity index (χ0n) is 81.0. The number of alkyl halides is 3. The first kappa shape index (κ1) is 121. The van der Waals surface area contributed by atoms with E-state index in [1.807, 2.05) is 36.4 Å². The molecule has 0 saturated carbocycles. The standard InChI is InChI=1S/C23H26N2O8.C16H26N2O8.C16H24N2O7.C15H21NO5.C13H15F3N2O6.C7H7NO2.CO2/c1-23(2,3)33-22(29)25-18(21(28)31-13-15-9-6-5-7-10-15)14-32-20(27)17-12-8-11-16(24-17)19(26)30-4;1-16(2,3)26-15(23)18-11(12(19)20)8-25-14(22)10-7-5-6-9(17-10)13(21)24-4;1-16(2,3)25-15(22)17-9-8-24-14(21)11-7-5-6-10(13(20)23-4)18(11)12(9)19;1-15(2,3)21-14(19)16-12(9-17)13(18)20-10-11-7-5-4-6-8-11;1-23-10(20)7-3-2-4-8-11(21)24-5-6(9(19)18(7)8)17-12(22)13(14,15)16;1-10-7(9)6-4-2-3-5-8-6;2-1-3/h5-12,18H,13-14H2,1-4H3,(H,25,29);9-11,17H,5-8H2,1-4H3,(H,18,23)(H,19,20);9-11H,5-8H2,1-4H3,(H,17,22);4-8,12,17H,9-10H2,1-3H3,(H,16,19);6-8H,2-5H2,1H3,(H,17,22);2-5H,1H3;/t18-;9?,10?,11-;9-,10-,11+;12-;6?,7-,8+;;/m00000../s1. The van der Waals surface area contributed by atoms with Gasteiger partial charge in [-0.2, -0.15) is 22.8 Å². The summed E-state index contributed by atoms with van der Waals surface area (Å²) in [6.45, 7) is 17.4. The molecule has 0 spiro atoms. The van der Waals surface area contributed by atoms with Gasteiger partial charge in [0.1, 0.15) is 127 Å². The molecule has 11 atom stereocenters. The van der Waals surface area contributed by atoms with E-state index in [4.69, 9.17) is 71.9 Å². The number of carboxylic acid groups (broad SMARTS) is 1. The molecule has 5 saturated heterocycles. The molecule has 0 radical (unpaired) electrons. The number of piperidine rings is 3. The van der Waals surface area contributed by atoms with Gasteiger partial charge in [-0.25, -0.2) is 77.1 Å². The van der Waals surface area contributed by atoms with Crippen molar-refractivity contribution >= 4 is 120 Å². The predicted molar refractivity (Wildman–Crippen MR) is 474 cm³/mol. The number of halogens is 3. The zero-order valence-corrected chi connectivity index (χ0v) is 81.0. The number of nitrogens with zero attached hydrogens (tertiary/aromatic N) is 4. The Balaban J connectivity index is 0.000000444. The van der Waals surface area contributed by atoms with Crippen LogP contribution in [0.2, 0.25) is 0 Å². The fourth-order valence-corrected chi connectivity index (χ4v) is 12.6. The van der Waals surface area contributed by atoms with Crippen LogP contribution in [0.15, 0.2) is 103 Å². The first-order valence-corrected chi connectivity index (χ1v) is 43.5. The first-order valence-electron chi connectivity index (χ1n) is 43.5. The average Bonchev–Trinajstić information content (AvgIpc) is 1.59. The van der Waals surface area contributed by atoms with Gasteiger partial charge >= 0.3 is 114 Å². The van der Waals surface area contributed by atoms with Gasteiger partial charge in [-0.1, -0.05) is 72.8 Å². The van der Waals surface area contributed by atoms with E-state index in [0.29, 0.717) is 50.6 Å². The van der Waals surface area contributed by atoms with E-state index in [2.05, 4.69) is 55.5 Å². The predicted octanol–water partition coefficient (Wildman–Crippen LogP) is 4.63. The molecule has 0 bridgehead atoms. The number of carboxylic acids is 1. The minimum atomic E-state index is -5.19. The molecule has 5 fully saturated rings. The first-order chi connectivity index (χ1) is 66.5. The molecule has 7 amide bonds. The monoisotopic (exact) mass is 2020 g/mol. The molecule has 5 aliphatic rings. The molecule has 8 N–H and O–H groups in total. The van der Waals surface area contributed by atoms with Crippen LogP contribution in [0.3, 0.4) is 0 Å². The summed E-state index contributed by atoms with van der Waals surface area (Å²) in [4.78, 5) is 252. The largest absolute Gasteiger partial charge is 0.480 e. The number of carbonyl (C=O) groups excluding carboxylic acids is 20. The number of benzene rings is 2. The van der Waals surface area contributed by atoms with Crippen LogP contribution < -0.4 is 31.9 Å². The van der Waals surface area contributed by atoms with Crippen molar-refractivity contribution < 1.29 is 195 Å². The number of pyridine rings is 2. The lowest BCUT2D eigenvalue weighted by Gasteiger charge is -2.38. The van der Waals surface area contributed by atoms with Gasteiger partial charge in [0.2, 0.25) is 11.8 Å². The fraction of sp³-hybridized carbons (Fsp3) is 0.538. The van der Waals surface area contributed by atoms with E-state index < -0.39 is 235 Å². The third kappa shape index (κ3) is 44.0. The van der Waals surface area contributed by atoms with Crippen molar-refractivity contribution in [3.8, 4) is 0 Å².